The van der Waals surface area contributed by atoms with Crippen molar-refractivity contribution in [2.45, 2.75) is 58.9 Å². The lowest BCUT2D eigenvalue weighted by Crippen LogP contribution is -2.52. The summed E-state index contributed by atoms with van der Waals surface area (Å²) in [4.78, 5) is 23.9. The van der Waals surface area contributed by atoms with Gasteiger partial charge in [0.25, 0.3) is 0 Å². The van der Waals surface area contributed by atoms with Crippen LogP contribution in [0.4, 0.5) is 0 Å². The summed E-state index contributed by atoms with van der Waals surface area (Å²) in [6, 6.07) is 3.71. The topological polar surface area (TPSA) is 101 Å². The number of aryl methyl sites for hydroxylation is 1. The van der Waals surface area contributed by atoms with E-state index >= 15 is 0 Å². The van der Waals surface area contributed by atoms with Crippen LogP contribution in [0.2, 0.25) is 0 Å². The molecule has 2 aromatic heterocycles. The van der Waals surface area contributed by atoms with Crippen molar-refractivity contribution in [1.82, 2.24) is 25.7 Å². The smallest absolute Gasteiger partial charge is 0.224 e. The number of aromatic nitrogens is 2. The van der Waals surface area contributed by atoms with E-state index in [1.807, 2.05) is 26.8 Å². The third kappa shape index (κ3) is 4.13. The second-order valence-corrected chi connectivity index (χ2v) is 6.69. The molecule has 1 fully saturated rings. The van der Waals surface area contributed by atoms with Crippen LogP contribution < -0.4 is 16.0 Å². The zero-order valence-electron chi connectivity index (χ0n) is 15.3. The normalized spacial score (nSPS) is 20.0. The summed E-state index contributed by atoms with van der Waals surface area (Å²) in [6.45, 7) is 6.25. The Labute approximate surface area is 152 Å². The Hall–Kier alpha value is -2.61. The van der Waals surface area contributed by atoms with Crippen LogP contribution in [0.1, 0.15) is 48.8 Å². The molecule has 1 aliphatic heterocycles. The van der Waals surface area contributed by atoms with Crippen LogP contribution in [-0.2, 0) is 22.6 Å². The number of furan rings is 1. The molecule has 0 saturated carbocycles. The maximum absolute atomic E-state index is 12.1. The second kappa shape index (κ2) is 7.74. The fraction of sp³-hybridized carbons (Fsp3) is 0.500. The summed E-state index contributed by atoms with van der Waals surface area (Å²) in [5, 5.41) is 13.6. The lowest BCUT2D eigenvalue weighted by atomic mass is 10.1. The quantitative estimate of drug-likeness (QED) is 0.722. The van der Waals surface area contributed by atoms with Crippen molar-refractivity contribution in [3.63, 3.8) is 0 Å². The summed E-state index contributed by atoms with van der Waals surface area (Å²) in [6.07, 6.45) is 2.65. The molecule has 0 bridgehead atoms. The minimum absolute atomic E-state index is 0.00709. The summed E-state index contributed by atoms with van der Waals surface area (Å²) < 4.78 is 6.99. The molecule has 3 heterocycles. The second-order valence-electron chi connectivity index (χ2n) is 6.69. The Morgan fingerprint density at radius 2 is 2.27 bits per heavy atom. The summed E-state index contributed by atoms with van der Waals surface area (Å²) >= 11 is 0. The van der Waals surface area contributed by atoms with Crippen molar-refractivity contribution in [3.05, 3.63) is 41.1 Å². The minimum Gasteiger partial charge on any atom is -0.467 e. The van der Waals surface area contributed by atoms with E-state index in [2.05, 4.69) is 21.0 Å². The highest BCUT2D eigenvalue weighted by Gasteiger charge is 2.26. The Balaban J connectivity index is 1.60. The molecule has 26 heavy (non-hydrogen) atoms. The van der Waals surface area contributed by atoms with Gasteiger partial charge in [-0.05, 0) is 44.9 Å². The largest absolute Gasteiger partial charge is 0.467 e. The van der Waals surface area contributed by atoms with Crippen LogP contribution in [0, 0.1) is 13.8 Å². The van der Waals surface area contributed by atoms with E-state index in [0.717, 1.165) is 22.7 Å². The molecule has 8 nitrogen and oxygen atoms in total. The summed E-state index contributed by atoms with van der Waals surface area (Å²) in [5.41, 5.74) is 2.86. The van der Waals surface area contributed by atoms with Gasteiger partial charge in [-0.25, -0.2) is 4.68 Å². The Morgan fingerprint density at radius 1 is 1.46 bits per heavy atom. The summed E-state index contributed by atoms with van der Waals surface area (Å²) in [5.74, 6) is 0.699. The average molecular weight is 359 g/mol. The zero-order chi connectivity index (χ0) is 18.7. The zero-order valence-corrected chi connectivity index (χ0v) is 15.3. The van der Waals surface area contributed by atoms with Gasteiger partial charge in [0, 0.05) is 24.6 Å². The van der Waals surface area contributed by atoms with Crippen LogP contribution in [0.15, 0.2) is 22.8 Å². The number of carbonyl (C=O) groups excluding carboxylic acids is 2. The Bertz CT molecular complexity index is 781. The van der Waals surface area contributed by atoms with E-state index in [-0.39, 0.29) is 24.1 Å². The molecule has 3 rings (SSSR count). The molecular formula is C18H25N5O3. The maximum Gasteiger partial charge on any atom is 0.224 e. The lowest BCUT2D eigenvalue weighted by molar-refractivity contribution is -0.125. The van der Waals surface area contributed by atoms with Gasteiger partial charge in [-0.15, -0.1) is 0 Å². The van der Waals surface area contributed by atoms with Crippen LogP contribution in [0.3, 0.4) is 0 Å². The molecule has 1 saturated heterocycles. The monoisotopic (exact) mass is 359 g/mol. The molecule has 8 heteroatoms. The first kappa shape index (κ1) is 18.2. The Kier molecular flexibility index (Phi) is 5.41. The standard InChI is InChI=1S/C18H25N5O3/c1-11-9-17(25)21-18(20-11)23-13(3)15(12(2)22-23)6-7-16(24)19-10-14-5-4-8-26-14/h4-5,8,11,18,20H,6-7,9-10H2,1-3H3,(H,19,24)(H,21,25). The highest BCUT2D eigenvalue weighted by atomic mass is 16.3. The molecule has 3 N–H and O–H groups in total. The highest BCUT2D eigenvalue weighted by molar-refractivity contribution is 5.77. The maximum atomic E-state index is 12.1. The molecule has 0 radical (unpaired) electrons. The molecule has 2 unspecified atom stereocenters. The highest BCUT2D eigenvalue weighted by Crippen LogP contribution is 2.19. The van der Waals surface area contributed by atoms with Crippen molar-refractivity contribution < 1.29 is 14.0 Å². The number of carbonyl (C=O) groups is 2. The first-order valence-corrected chi connectivity index (χ1v) is 8.83. The number of nitrogens with one attached hydrogen (secondary N) is 3. The van der Waals surface area contributed by atoms with Gasteiger partial charge in [-0.3, -0.25) is 14.9 Å². The first-order chi connectivity index (χ1) is 12.4. The number of amides is 2. The van der Waals surface area contributed by atoms with Crippen LogP contribution in [-0.4, -0.2) is 27.6 Å². The summed E-state index contributed by atoms with van der Waals surface area (Å²) in [7, 11) is 0. The molecule has 2 aromatic rings. The third-order valence-corrected chi connectivity index (χ3v) is 4.59. The first-order valence-electron chi connectivity index (χ1n) is 8.83. The van der Waals surface area contributed by atoms with Crippen molar-refractivity contribution in [1.29, 1.82) is 0 Å². The van der Waals surface area contributed by atoms with Crippen molar-refractivity contribution in [3.8, 4) is 0 Å². The Morgan fingerprint density at radius 3 is 2.96 bits per heavy atom. The van der Waals surface area contributed by atoms with Crippen LogP contribution in [0.25, 0.3) is 0 Å². The predicted molar refractivity (Wildman–Crippen MR) is 95.0 cm³/mol. The van der Waals surface area contributed by atoms with E-state index in [0.29, 0.717) is 25.8 Å². The molecule has 0 aromatic carbocycles. The van der Waals surface area contributed by atoms with Crippen LogP contribution >= 0.6 is 0 Å². The minimum atomic E-state index is -0.355. The van der Waals surface area contributed by atoms with Gasteiger partial charge in [0.15, 0.2) is 6.29 Å². The van der Waals surface area contributed by atoms with Gasteiger partial charge in [-0.1, -0.05) is 0 Å². The third-order valence-electron chi connectivity index (χ3n) is 4.59. The van der Waals surface area contributed by atoms with Crippen LogP contribution in [0.5, 0.6) is 0 Å². The fourth-order valence-corrected chi connectivity index (χ4v) is 3.23. The van der Waals surface area contributed by atoms with Crippen molar-refractivity contribution in [2.24, 2.45) is 0 Å². The van der Waals surface area contributed by atoms with E-state index in [4.69, 9.17) is 4.42 Å². The van der Waals surface area contributed by atoms with Gasteiger partial charge in [-0.2, -0.15) is 5.10 Å². The van der Waals surface area contributed by atoms with Crippen molar-refractivity contribution >= 4 is 11.8 Å². The number of rotatable bonds is 6. The van der Waals surface area contributed by atoms with E-state index in [1.165, 1.54) is 0 Å². The van der Waals surface area contributed by atoms with Crippen molar-refractivity contribution in [2.75, 3.05) is 0 Å². The molecule has 0 spiro atoms. The van der Waals surface area contributed by atoms with Gasteiger partial charge in [0.2, 0.25) is 11.8 Å². The fourth-order valence-electron chi connectivity index (χ4n) is 3.23. The SMILES string of the molecule is Cc1nn(C2NC(=O)CC(C)N2)c(C)c1CCC(=O)NCc1ccco1. The van der Waals surface area contributed by atoms with E-state index in [9.17, 15) is 9.59 Å². The predicted octanol–water partition coefficient (Wildman–Crippen LogP) is 1.30. The molecular weight excluding hydrogens is 334 g/mol. The van der Waals surface area contributed by atoms with E-state index in [1.54, 1.807) is 17.0 Å². The molecule has 2 atom stereocenters. The molecule has 1 aliphatic rings. The molecule has 2 amide bonds. The molecule has 140 valence electrons. The van der Waals surface area contributed by atoms with E-state index < -0.39 is 0 Å². The number of hydrogen-bond acceptors (Lipinski definition) is 5. The van der Waals surface area contributed by atoms with Gasteiger partial charge in [0.1, 0.15) is 5.76 Å². The molecule has 0 aliphatic carbocycles. The average Bonchev–Trinajstić information content (AvgIpc) is 3.19. The number of nitrogens with zero attached hydrogens (tertiary/aromatic N) is 2. The van der Waals surface area contributed by atoms with Gasteiger partial charge >= 0.3 is 0 Å². The number of hydrogen-bond donors (Lipinski definition) is 3. The lowest BCUT2D eigenvalue weighted by Gasteiger charge is -2.30. The van der Waals surface area contributed by atoms with Gasteiger partial charge in [0.05, 0.1) is 18.5 Å². The van der Waals surface area contributed by atoms with Gasteiger partial charge < -0.3 is 15.1 Å².